The summed E-state index contributed by atoms with van der Waals surface area (Å²) in [6, 6.07) is 8.72. The molecule has 0 fully saturated rings. The van der Waals surface area contributed by atoms with Gasteiger partial charge in [-0.2, -0.15) is 17.9 Å². The fourth-order valence-electron chi connectivity index (χ4n) is 2.51. The molecule has 3 aromatic rings. The molecule has 2 aromatic carbocycles. The molecular weight excluding hydrogens is 461 g/mol. The number of aromatic nitrogens is 1. The number of alkyl halides is 3. The molecular formula is C19H14ClF3N2O5S. The summed E-state index contributed by atoms with van der Waals surface area (Å²) in [6.45, 7) is 0. The van der Waals surface area contributed by atoms with Gasteiger partial charge in [0.15, 0.2) is 17.7 Å². The predicted molar refractivity (Wildman–Crippen MR) is 106 cm³/mol. The van der Waals surface area contributed by atoms with Crippen LogP contribution in [0, 0.1) is 5.21 Å². The van der Waals surface area contributed by atoms with Crippen molar-refractivity contribution in [3.05, 3.63) is 76.7 Å². The van der Waals surface area contributed by atoms with Gasteiger partial charge in [0.05, 0.1) is 23.3 Å². The largest absolute Gasteiger partial charge is 0.619 e. The first-order valence-electron chi connectivity index (χ1n) is 8.43. The lowest BCUT2D eigenvalue weighted by atomic mass is 10.2. The van der Waals surface area contributed by atoms with Crippen molar-refractivity contribution < 1.29 is 35.8 Å². The molecule has 31 heavy (non-hydrogen) atoms. The number of hydrogen-bond acceptors (Lipinski definition) is 5. The van der Waals surface area contributed by atoms with Crippen molar-refractivity contribution in [3.63, 3.8) is 0 Å². The third-order valence-electron chi connectivity index (χ3n) is 3.93. The summed E-state index contributed by atoms with van der Waals surface area (Å²) in [6.07, 6.45) is -2.72. The number of hydrogen-bond donors (Lipinski definition) is 1. The van der Waals surface area contributed by atoms with Crippen LogP contribution in [0.3, 0.4) is 0 Å². The van der Waals surface area contributed by atoms with Crippen molar-refractivity contribution in [1.29, 1.82) is 0 Å². The van der Waals surface area contributed by atoms with Gasteiger partial charge >= 0.3 is 6.18 Å². The number of anilines is 1. The van der Waals surface area contributed by atoms with E-state index in [1.54, 1.807) is 0 Å². The van der Waals surface area contributed by atoms with E-state index in [-0.39, 0.29) is 21.4 Å². The van der Waals surface area contributed by atoms with Crippen LogP contribution in [-0.2, 0) is 16.2 Å². The number of nitrogens with one attached hydrogen (secondary N) is 1. The highest BCUT2D eigenvalue weighted by atomic mass is 35.5. The summed E-state index contributed by atoms with van der Waals surface area (Å²) in [5.41, 5.74) is -1.58. The monoisotopic (exact) mass is 474 g/mol. The Kier molecular flexibility index (Phi) is 6.18. The number of benzene rings is 2. The Morgan fingerprint density at radius 2 is 1.71 bits per heavy atom. The number of rotatable bonds is 6. The highest BCUT2D eigenvalue weighted by Gasteiger charge is 2.32. The van der Waals surface area contributed by atoms with Gasteiger partial charge in [0, 0.05) is 6.07 Å². The summed E-state index contributed by atoms with van der Waals surface area (Å²) in [4.78, 5) is -0.211. The minimum Gasteiger partial charge on any atom is -0.619 e. The van der Waals surface area contributed by atoms with Gasteiger partial charge in [-0.15, -0.1) is 0 Å². The van der Waals surface area contributed by atoms with Gasteiger partial charge in [0.1, 0.15) is 10.8 Å². The molecule has 0 aliphatic carbocycles. The highest BCUT2D eigenvalue weighted by molar-refractivity contribution is 7.92. The Balaban J connectivity index is 2.02. The third-order valence-corrected chi connectivity index (χ3v) is 5.52. The Morgan fingerprint density at radius 1 is 1.03 bits per heavy atom. The zero-order chi connectivity index (χ0) is 22.8. The zero-order valence-electron chi connectivity index (χ0n) is 15.7. The third kappa shape index (κ3) is 5.50. The first kappa shape index (κ1) is 22.5. The van der Waals surface area contributed by atoms with Crippen LogP contribution in [-0.4, -0.2) is 15.5 Å². The summed E-state index contributed by atoms with van der Waals surface area (Å²) >= 11 is 5.78. The summed E-state index contributed by atoms with van der Waals surface area (Å²) in [5.74, 6) is 0.0217. The fourth-order valence-corrected chi connectivity index (χ4v) is 3.78. The molecule has 0 aliphatic rings. The van der Waals surface area contributed by atoms with E-state index in [0.29, 0.717) is 16.5 Å². The lowest BCUT2D eigenvalue weighted by Crippen LogP contribution is -2.24. The maximum absolute atomic E-state index is 13.2. The van der Waals surface area contributed by atoms with Crippen LogP contribution in [0.5, 0.6) is 17.2 Å². The van der Waals surface area contributed by atoms with Crippen LogP contribution < -0.4 is 18.9 Å². The second-order valence-electron chi connectivity index (χ2n) is 6.14. The van der Waals surface area contributed by atoms with Gasteiger partial charge in [-0.1, -0.05) is 11.6 Å². The number of halogens is 4. The van der Waals surface area contributed by atoms with Crippen molar-refractivity contribution in [2.45, 2.75) is 11.1 Å². The molecule has 164 valence electrons. The Hall–Kier alpha value is -3.18. The number of pyridine rings is 1. The topological polar surface area (TPSA) is 91.6 Å². The van der Waals surface area contributed by atoms with E-state index in [0.717, 1.165) is 24.5 Å². The average molecular weight is 475 g/mol. The molecule has 0 amide bonds. The minimum atomic E-state index is -4.73. The molecule has 0 bridgehead atoms. The SMILES string of the molecule is COc1ccc(S(=O)(=O)Nc2cc(C(F)(F)F)ccc2Oc2cc(Cl)c[n+]([O-])c2)cc1. The number of ether oxygens (including phenoxy) is 2. The lowest BCUT2D eigenvalue weighted by Gasteiger charge is -2.16. The van der Waals surface area contributed by atoms with E-state index in [4.69, 9.17) is 21.1 Å². The maximum atomic E-state index is 13.2. The molecule has 0 aliphatic heterocycles. The first-order chi connectivity index (χ1) is 14.5. The molecule has 0 unspecified atom stereocenters. The average Bonchev–Trinajstić information content (AvgIpc) is 2.67. The Morgan fingerprint density at radius 3 is 2.29 bits per heavy atom. The Labute approximate surface area is 180 Å². The van der Waals surface area contributed by atoms with Crippen LogP contribution >= 0.6 is 11.6 Å². The summed E-state index contributed by atoms with van der Waals surface area (Å²) in [5, 5.41) is 11.5. The van der Waals surface area contributed by atoms with Gasteiger partial charge in [0.2, 0.25) is 6.20 Å². The van der Waals surface area contributed by atoms with Crippen LogP contribution in [0.15, 0.2) is 65.8 Å². The van der Waals surface area contributed by atoms with Crippen molar-refractivity contribution in [1.82, 2.24) is 0 Å². The van der Waals surface area contributed by atoms with E-state index in [2.05, 4.69) is 4.72 Å². The van der Waals surface area contributed by atoms with Gasteiger partial charge < -0.3 is 14.7 Å². The van der Waals surface area contributed by atoms with Crippen LogP contribution in [0.25, 0.3) is 0 Å². The van der Waals surface area contributed by atoms with E-state index >= 15 is 0 Å². The fraction of sp³-hybridized carbons (Fsp3) is 0.105. The first-order valence-corrected chi connectivity index (χ1v) is 10.3. The molecule has 0 radical (unpaired) electrons. The normalized spacial score (nSPS) is 11.8. The zero-order valence-corrected chi connectivity index (χ0v) is 17.3. The maximum Gasteiger partial charge on any atom is 0.416 e. The van der Waals surface area contributed by atoms with E-state index < -0.39 is 27.5 Å². The van der Waals surface area contributed by atoms with Crippen molar-refractivity contribution in [3.8, 4) is 17.2 Å². The molecule has 1 heterocycles. The number of methoxy groups -OCH3 is 1. The van der Waals surface area contributed by atoms with Crippen LogP contribution in [0.4, 0.5) is 18.9 Å². The standard InChI is InChI=1S/C19H14ClF3N2O5S/c1-29-14-3-5-16(6-4-14)31(27,28)24-17-8-12(19(21,22)23)2-7-18(17)30-15-9-13(20)10-25(26)11-15/h2-11,24H,1H3. The van der Waals surface area contributed by atoms with E-state index in [1.165, 1.54) is 37.4 Å². The van der Waals surface area contributed by atoms with Crippen LogP contribution in [0.1, 0.15) is 5.56 Å². The molecule has 0 atom stereocenters. The Bertz CT molecular complexity index is 1180. The molecule has 1 aromatic heterocycles. The molecule has 0 saturated carbocycles. The van der Waals surface area contributed by atoms with Crippen LogP contribution in [0.2, 0.25) is 5.02 Å². The van der Waals surface area contributed by atoms with Gasteiger partial charge in [-0.25, -0.2) is 8.42 Å². The molecule has 1 N–H and O–H groups in total. The lowest BCUT2D eigenvalue weighted by molar-refractivity contribution is -0.605. The summed E-state index contributed by atoms with van der Waals surface area (Å²) in [7, 11) is -2.88. The second kappa shape index (κ2) is 8.52. The van der Waals surface area contributed by atoms with Crippen molar-refractivity contribution in [2.24, 2.45) is 0 Å². The van der Waals surface area contributed by atoms with E-state index in [1.807, 2.05) is 0 Å². The summed E-state index contributed by atoms with van der Waals surface area (Å²) < 4.78 is 77.8. The molecule has 0 saturated heterocycles. The van der Waals surface area contributed by atoms with Crippen molar-refractivity contribution in [2.75, 3.05) is 11.8 Å². The number of nitrogens with zero attached hydrogens (tertiary/aromatic N) is 1. The molecule has 7 nitrogen and oxygen atoms in total. The molecule has 0 spiro atoms. The minimum absolute atomic E-state index is 0.0137. The van der Waals surface area contributed by atoms with Gasteiger partial charge in [-0.3, -0.25) is 4.72 Å². The molecule has 3 rings (SSSR count). The van der Waals surface area contributed by atoms with E-state index in [9.17, 15) is 26.8 Å². The van der Waals surface area contributed by atoms with Gasteiger partial charge in [0.25, 0.3) is 10.0 Å². The highest BCUT2D eigenvalue weighted by Crippen LogP contribution is 2.38. The van der Waals surface area contributed by atoms with Gasteiger partial charge in [-0.05, 0) is 42.5 Å². The molecule has 12 heteroatoms. The van der Waals surface area contributed by atoms with Crippen molar-refractivity contribution >= 4 is 27.3 Å². The number of sulfonamides is 1. The quantitative estimate of drug-likeness (QED) is 0.416. The smallest absolute Gasteiger partial charge is 0.416 e. The second-order valence-corrected chi connectivity index (χ2v) is 8.26. The predicted octanol–water partition coefficient (Wildman–Crippen LogP) is 4.59.